The third-order valence-electron chi connectivity index (χ3n) is 4.67. The summed E-state index contributed by atoms with van der Waals surface area (Å²) in [7, 11) is 0. The summed E-state index contributed by atoms with van der Waals surface area (Å²) >= 11 is 9.82. The van der Waals surface area contributed by atoms with Crippen molar-refractivity contribution in [2.24, 2.45) is 0 Å². The highest BCUT2D eigenvalue weighted by atomic mass is 79.9. The van der Waals surface area contributed by atoms with Gasteiger partial charge in [0.25, 0.3) is 5.91 Å². The molecule has 5 nitrogen and oxygen atoms in total. The molecule has 0 aliphatic rings. The number of rotatable bonds is 8. The molecule has 0 radical (unpaired) electrons. The van der Waals surface area contributed by atoms with Crippen LogP contribution in [-0.4, -0.2) is 35.4 Å². The van der Waals surface area contributed by atoms with E-state index in [0.29, 0.717) is 10.8 Å². The van der Waals surface area contributed by atoms with Crippen LogP contribution in [0.5, 0.6) is 5.75 Å². The smallest absolute Gasteiger partial charge is 0.261 e. The van der Waals surface area contributed by atoms with Crippen LogP contribution in [0.1, 0.15) is 37.5 Å². The van der Waals surface area contributed by atoms with Crippen LogP contribution in [0.25, 0.3) is 0 Å². The van der Waals surface area contributed by atoms with Gasteiger partial charge < -0.3 is 15.0 Å². The molecular weight excluding hydrogens is 468 g/mol. The summed E-state index contributed by atoms with van der Waals surface area (Å²) in [6.45, 7) is 9.44. The Morgan fingerprint density at radius 1 is 1.13 bits per heavy atom. The summed E-state index contributed by atoms with van der Waals surface area (Å²) in [4.78, 5) is 27.2. The Morgan fingerprint density at radius 3 is 2.30 bits per heavy atom. The SMILES string of the molecule is Cc1cc(OCC(=O)N(Cc2ccccc2Cl)[C@H](C)C(=O)NC(C)C)cc(C)c1Br. The van der Waals surface area contributed by atoms with Crippen LogP contribution in [0.3, 0.4) is 0 Å². The lowest BCUT2D eigenvalue weighted by molar-refractivity contribution is -0.142. The fraction of sp³-hybridized carbons (Fsp3) is 0.391. The maximum Gasteiger partial charge on any atom is 0.261 e. The fourth-order valence-electron chi connectivity index (χ4n) is 3.02. The van der Waals surface area contributed by atoms with E-state index in [4.69, 9.17) is 16.3 Å². The maximum absolute atomic E-state index is 13.1. The van der Waals surface area contributed by atoms with Gasteiger partial charge in [-0.2, -0.15) is 0 Å². The standard InChI is InChI=1S/C23H28BrClN2O3/c1-14(2)26-23(29)17(5)27(12-18-8-6-7-9-20(18)25)21(28)13-30-19-10-15(3)22(24)16(4)11-19/h6-11,14,17H,12-13H2,1-5H3,(H,26,29)/t17-/m1/s1. The lowest BCUT2D eigenvalue weighted by Gasteiger charge is -2.29. The fourth-order valence-corrected chi connectivity index (χ4v) is 3.44. The Balaban J connectivity index is 2.21. The minimum Gasteiger partial charge on any atom is -0.484 e. The van der Waals surface area contributed by atoms with Gasteiger partial charge in [-0.25, -0.2) is 0 Å². The first kappa shape index (κ1) is 24.2. The summed E-state index contributed by atoms with van der Waals surface area (Å²) in [6.07, 6.45) is 0. The predicted octanol–water partition coefficient (Wildman–Crippen LogP) is 5.04. The van der Waals surface area contributed by atoms with Gasteiger partial charge in [0, 0.05) is 22.1 Å². The Labute approximate surface area is 191 Å². The topological polar surface area (TPSA) is 58.6 Å². The van der Waals surface area contributed by atoms with E-state index in [1.165, 1.54) is 4.90 Å². The van der Waals surface area contributed by atoms with Gasteiger partial charge in [0.1, 0.15) is 11.8 Å². The monoisotopic (exact) mass is 494 g/mol. The van der Waals surface area contributed by atoms with Crippen molar-refractivity contribution in [3.8, 4) is 5.75 Å². The second-order valence-corrected chi connectivity index (χ2v) is 8.81. The van der Waals surface area contributed by atoms with Gasteiger partial charge >= 0.3 is 0 Å². The van der Waals surface area contributed by atoms with Gasteiger partial charge in [0.2, 0.25) is 5.91 Å². The Morgan fingerprint density at radius 2 is 1.73 bits per heavy atom. The molecule has 0 spiro atoms. The number of carbonyl (C=O) groups is 2. The van der Waals surface area contributed by atoms with E-state index >= 15 is 0 Å². The first-order chi connectivity index (χ1) is 14.1. The van der Waals surface area contributed by atoms with Crippen molar-refractivity contribution < 1.29 is 14.3 Å². The largest absolute Gasteiger partial charge is 0.484 e. The number of hydrogen-bond donors (Lipinski definition) is 1. The van der Waals surface area contributed by atoms with Crippen molar-refractivity contribution in [3.63, 3.8) is 0 Å². The van der Waals surface area contributed by atoms with Crippen LogP contribution in [0, 0.1) is 13.8 Å². The van der Waals surface area contributed by atoms with Crippen molar-refractivity contribution in [1.82, 2.24) is 10.2 Å². The molecule has 1 atom stereocenters. The maximum atomic E-state index is 13.1. The van der Waals surface area contributed by atoms with Crippen molar-refractivity contribution in [2.75, 3.05) is 6.61 Å². The number of nitrogens with one attached hydrogen (secondary N) is 1. The van der Waals surface area contributed by atoms with Crippen LogP contribution >= 0.6 is 27.5 Å². The zero-order chi connectivity index (χ0) is 22.4. The second-order valence-electron chi connectivity index (χ2n) is 7.61. The predicted molar refractivity (Wildman–Crippen MR) is 124 cm³/mol. The highest BCUT2D eigenvalue weighted by molar-refractivity contribution is 9.10. The number of hydrogen-bond acceptors (Lipinski definition) is 3. The molecule has 0 unspecified atom stereocenters. The van der Waals surface area contributed by atoms with Crippen LogP contribution < -0.4 is 10.1 Å². The summed E-state index contributed by atoms with van der Waals surface area (Å²) < 4.78 is 6.78. The van der Waals surface area contributed by atoms with Crippen LogP contribution in [0.2, 0.25) is 5.02 Å². The summed E-state index contributed by atoms with van der Waals surface area (Å²) in [6, 6.07) is 10.3. The van der Waals surface area contributed by atoms with Crippen LogP contribution in [0.15, 0.2) is 40.9 Å². The van der Waals surface area contributed by atoms with Gasteiger partial charge in [0.05, 0.1) is 0 Å². The van der Waals surface area contributed by atoms with E-state index in [1.807, 2.05) is 58.0 Å². The average molecular weight is 496 g/mol. The lowest BCUT2D eigenvalue weighted by atomic mass is 10.1. The van der Waals surface area contributed by atoms with Gasteiger partial charge in [-0.15, -0.1) is 0 Å². The highest BCUT2D eigenvalue weighted by Gasteiger charge is 2.27. The molecule has 0 heterocycles. The molecule has 0 fully saturated rings. The van der Waals surface area contributed by atoms with Crippen molar-refractivity contribution in [2.45, 2.75) is 53.2 Å². The molecular formula is C23H28BrClN2O3. The first-order valence-corrected chi connectivity index (χ1v) is 11.0. The quantitative estimate of drug-likeness (QED) is 0.558. The van der Waals surface area contributed by atoms with E-state index in [0.717, 1.165) is 21.2 Å². The molecule has 2 aromatic carbocycles. The summed E-state index contributed by atoms with van der Waals surface area (Å²) in [5, 5.41) is 3.41. The van der Waals surface area contributed by atoms with E-state index in [2.05, 4.69) is 21.2 Å². The Bertz CT molecular complexity index is 894. The van der Waals surface area contributed by atoms with E-state index < -0.39 is 6.04 Å². The number of aryl methyl sites for hydroxylation is 2. The molecule has 0 aliphatic heterocycles. The average Bonchev–Trinajstić information content (AvgIpc) is 2.68. The molecule has 0 saturated heterocycles. The number of carbonyl (C=O) groups excluding carboxylic acids is 2. The Hall–Kier alpha value is -2.05. The number of nitrogens with zero attached hydrogens (tertiary/aromatic N) is 1. The van der Waals surface area contributed by atoms with Gasteiger partial charge in [-0.1, -0.05) is 45.7 Å². The van der Waals surface area contributed by atoms with E-state index in [9.17, 15) is 9.59 Å². The number of amides is 2. The molecule has 2 amide bonds. The minimum atomic E-state index is -0.673. The molecule has 0 saturated carbocycles. The van der Waals surface area contributed by atoms with Crippen molar-refractivity contribution >= 4 is 39.3 Å². The summed E-state index contributed by atoms with van der Waals surface area (Å²) in [5.74, 6) is 0.0961. The molecule has 2 aromatic rings. The molecule has 7 heteroatoms. The van der Waals surface area contributed by atoms with E-state index in [-0.39, 0.29) is 31.0 Å². The van der Waals surface area contributed by atoms with Gasteiger partial charge in [0.15, 0.2) is 6.61 Å². The zero-order valence-electron chi connectivity index (χ0n) is 18.0. The molecule has 0 aromatic heterocycles. The van der Waals surface area contributed by atoms with Gasteiger partial charge in [-0.3, -0.25) is 9.59 Å². The number of halogens is 2. The molecule has 1 N–H and O–H groups in total. The highest BCUT2D eigenvalue weighted by Crippen LogP contribution is 2.26. The Kier molecular flexibility index (Phi) is 8.74. The minimum absolute atomic E-state index is 0.0258. The first-order valence-electron chi connectivity index (χ1n) is 9.83. The normalized spacial score (nSPS) is 11.9. The van der Waals surface area contributed by atoms with Crippen molar-refractivity contribution in [1.29, 1.82) is 0 Å². The molecule has 30 heavy (non-hydrogen) atoms. The van der Waals surface area contributed by atoms with Gasteiger partial charge in [-0.05, 0) is 69.5 Å². The molecule has 0 bridgehead atoms. The van der Waals surface area contributed by atoms with Crippen LogP contribution in [-0.2, 0) is 16.1 Å². The molecule has 0 aliphatic carbocycles. The third-order valence-corrected chi connectivity index (χ3v) is 6.29. The lowest BCUT2D eigenvalue weighted by Crippen LogP contribution is -2.50. The third kappa shape index (κ3) is 6.47. The van der Waals surface area contributed by atoms with E-state index in [1.54, 1.807) is 13.0 Å². The summed E-state index contributed by atoms with van der Waals surface area (Å²) in [5.41, 5.74) is 2.82. The van der Waals surface area contributed by atoms with Crippen molar-refractivity contribution in [3.05, 3.63) is 62.6 Å². The zero-order valence-corrected chi connectivity index (χ0v) is 20.3. The number of ether oxygens (including phenoxy) is 1. The molecule has 2 rings (SSSR count). The molecule has 162 valence electrons. The second kappa shape index (κ2) is 10.8. The number of benzene rings is 2. The van der Waals surface area contributed by atoms with Crippen LogP contribution in [0.4, 0.5) is 0 Å².